The van der Waals surface area contributed by atoms with Crippen molar-refractivity contribution in [3.8, 4) is 0 Å². The second-order valence-electron chi connectivity index (χ2n) is 2.53. The maximum Gasteiger partial charge on any atom is 0.263 e. The summed E-state index contributed by atoms with van der Waals surface area (Å²) in [4.78, 5) is 0. The quantitative estimate of drug-likeness (QED) is 0.707. The summed E-state index contributed by atoms with van der Waals surface area (Å²) in [5.41, 5.74) is 0.869. The van der Waals surface area contributed by atoms with Gasteiger partial charge in [0, 0.05) is 10.9 Å². The average Bonchev–Trinajstić information content (AvgIpc) is 2.15. The van der Waals surface area contributed by atoms with Gasteiger partial charge in [0.05, 0.1) is 0 Å². The van der Waals surface area contributed by atoms with Crippen LogP contribution >= 0.6 is 15.9 Å². The highest BCUT2D eigenvalue weighted by atomic mass is 79.9. The van der Waals surface area contributed by atoms with E-state index in [1.165, 1.54) is 12.1 Å². The summed E-state index contributed by atoms with van der Waals surface area (Å²) in [6.45, 7) is 0. The van der Waals surface area contributed by atoms with E-state index in [-0.39, 0.29) is 5.56 Å². The van der Waals surface area contributed by atoms with Crippen LogP contribution in [0.4, 0.5) is 8.78 Å². The zero-order chi connectivity index (χ0) is 9.68. The second kappa shape index (κ2) is 5.12. The van der Waals surface area contributed by atoms with Gasteiger partial charge in [0.15, 0.2) is 0 Å². The van der Waals surface area contributed by atoms with E-state index in [4.69, 9.17) is 0 Å². The zero-order valence-corrected chi connectivity index (χ0v) is 8.47. The smallest absolute Gasteiger partial charge is 0.205 e. The Morgan fingerprint density at radius 3 is 2.77 bits per heavy atom. The van der Waals surface area contributed by atoms with E-state index in [2.05, 4.69) is 15.9 Å². The SMILES string of the molecule is FC(F)c1cccc(C=CCBr)c1. The van der Waals surface area contributed by atoms with Gasteiger partial charge in [0.25, 0.3) is 6.43 Å². The fourth-order valence-electron chi connectivity index (χ4n) is 0.979. The van der Waals surface area contributed by atoms with E-state index in [1.807, 2.05) is 6.08 Å². The summed E-state index contributed by atoms with van der Waals surface area (Å²) in [7, 11) is 0. The van der Waals surface area contributed by atoms with Crippen molar-refractivity contribution in [3.05, 3.63) is 41.5 Å². The molecule has 0 saturated carbocycles. The Bertz CT molecular complexity index is 295. The first-order valence-electron chi connectivity index (χ1n) is 3.84. The van der Waals surface area contributed by atoms with Gasteiger partial charge >= 0.3 is 0 Å². The number of allylic oxidation sites excluding steroid dienone is 1. The summed E-state index contributed by atoms with van der Waals surface area (Å²) >= 11 is 3.22. The Morgan fingerprint density at radius 1 is 1.38 bits per heavy atom. The molecule has 3 heteroatoms. The molecule has 0 aromatic heterocycles. The molecule has 70 valence electrons. The van der Waals surface area contributed by atoms with Crippen molar-refractivity contribution in [2.45, 2.75) is 6.43 Å². The van der Waals surface area contributed by atoms with Crippen LogP contribution in [-0.2, 0) is 0 Å². The van der Waals surface area contributed by atoms with Gasteiger partial charge in [-0.3, -0.25) is 0 Å². The molecule has 0 spiro atoms. The molecule has 0 fully saturated rings. The summed E-state index contributed by atoms with van der Waals surface area (Å²) < 4.78 is 24.5. The lowest BCUT2D eigenvalue weighted by atomic mass is 10.1. The van der Waals surface area contributed by atoms with Gasteiger partial charge in [-0.15, -0.1) is 0 Å². The van der Waals surface area contributed by atoms with Gasteiger partial charge in [-0.25, -0.2) is 8.78 Å². The molecule has 0 N–H and O–H groups in total. The molecule has 1 aromatic carbocycles. The van der Waals surface area contributed by atoms with Crippen molar-refractivity contribution >= 4 is 22.0 Å². The van der Waals surface area contributed by atoms with Crippen LogP contribution in [0.3, 0.4) is 0 Å². The molecule has 0 radical (unpaired) electrons. The summed E-state index contributed by atoms with van der Waals surface area (Å²) in [6.07, 6.45) is 1.28. The van der Waals surface area contributed by atoms with E-state index in [0.29, 0.717) is 0 Å². The van der Waals surface area contributed by atoms with Gasteiger partial charge < -0.3 is 0 Å². The minimum atomic E-state index is -2.39. The Kier molecular flexibility index (Phi) is 4.09. The Balaban J connectivity index is 2.85. The van der Waals surface area contributed by atoms with Gasteiger partial charge in [-0.2, -0.15) is 0 Å². The van der Waals surface area contributed by atoms with Crippen molar-refractivity contribution in [2.24, 2.45) is 0 Å². The first-order chi connectivity index (χ1) is 6.24. The molecule has 0 heterocycles. The molecule has 1 aromatic rings. The lowest BCUT2D eigenvalue weighted by Gasteiger charge is -1.99. The molecule has 0 aliphatic heterocycles. The van der Waals surface area contributed by atoms with Crippen LogP contribution in [0.25, 0.3) is 6.08 Å². The van der Waals surface area contributed by atoms with Crippen LogP contribution in [0.1, 0.15) is 17.6 Å². The van der Waals surface area contributed by atoms with Crippen molar-refractivity contribution in [2.75, 3.05) is 5.33 Å². The lowest BCUT2D eigenvalue weighted by Crippen LogP contribution is -1.83. The topological polar surface area (TPSA) is 0 Å². The minimum absolute atomic E-state index is 0.0664. The fourth-order valence-corrected chi connectivity index (χ4v) is 1.17. The molecule has 0 atom stereocenters. The highest BCUT2D eigenvalue weighted by molar-refractivity contribution is 9.09. The predicted molar refractivity (Wildman–Crippen MR) is 54.2 cm³/mol. The number of benzene rings is 1. The lowest BCUT2D eigenvalue weighted by molar-refractivity contribution is 0.151. The Morgan fingerprint density at radius 2 is 2.15 bits per heavy atom. The van der Waals surface area contributed by atoms with Gasteiger partial charge in [0.2, 0.25) is 0 Å². The van der Waals surface area contributed by atoms with Crippen molar-refractivity contribution in [1.82, 2.24) is 0 Å². The molecule has 0 amide bonds. The standard InChI is InChI=1S/C10H9BrF2/c11-6-2-4-8-3-1-5-9(7-8)10(12)13/h1-5,7,10H,6H2. The number of alkyl halides is 3. The molecule has 13 heavy (non-hydrogen) atoms. The third-order valence-electron chi connectivity index (χ3n) is 1.56. The molecule has 0 nitrogen and oxygen atoms in total. The van der Waals surface area contributed by atoms with E-state index in [1.54, 1.807) is 18.2 Å². The number of rotatable bonds is 3. The summed E-state index contributed by atoms with van der Waals surface area (Å²) in [5, 5.41) is 0.728. The number of halogens is 3. The van der Waals surface area contributed by atoms with Crippen molar-refractivity contribution in [3.63, 3.8) is 0 Å². The highest BCUT2D eigenvalue weighted by Gasteiger charge is 2.05. The zero-order valence-electron chi connectivity index (χ0n) is 6.88. The van der Waals surface area contributed by atoms with Crippen LogP contribution in [0.5, 0.6) is 0 Å². The predicted octanol–water partition coefficient (Wildman–Crippen LogP) is 4.03. The maximum atomic E-state index is 12.2. The van der Waals surface area contributed by atoms with Crippen molar-refractivity contribution < 1.29 is 8.78 Å². The first kappa shape index (κ1) is 10.4. The van der Waals surface area contributed by atoms with E-state index >= 15 is 0 Å². The third kappa shape index (κ3) is 3.27. The molecule has 1 rings (SSSR count). The highest BCUT2D eigenvalue weighted by Crippen LogP contribution is 2.19. The van der Waals surface area contributed by atoms with E-state index in [0.717, 1.165) is 10.9 Å². The van der Waals surface area contributed by atoms with Crippen LogP contribution < -0.4 is 0 Å². The normalized spacial score (nSPS) is 11.4. The van der Waals surface area contributed by atoms with E-state index < -0.39 is 6.43 Å². The summed E-state index contributed by atoms with van der Waals surface area (Å²) in [5.74, 6) is 0. The number of hydrogen-bond acceptors (Lipinski definition) is 0. The summed E-state index contributed by atoms with van der Waals surface area (Å²) in [6, 6.07) is 6.35. The molecule has 0 aliphatic rings. The van der Waals surface area contributed by atoms with Crippen LogP contribution in [0, 0.1) is 0 Å². The largest absolute Gasteiger partial charge is 0.263 e. The molecule has 0 aliphatic carbocycles. The average molecular weight is 247 g/mol. The second-order valence-corrected chi connectivity index (χ2v) is 3.17. The van der Waals surface area contributed by atoms with E-state index in [9.17, 15) is 8.78 Å². The van der Waals surface area contributed by atoms with Crippen LogP contribution in [-0.4, -0.2) is 5.33 Å². The van der Waals surface area contributed by atoms with Gasteiger partial charge in [0.1, 0.15) is 0 Å². The van der Waals surface area contributed by atoms with Crippen LogP contribution in [0.2, 0.25) is 0 Å². The molecule has 0 bridgehead atoms. The Labute approximate surface area is 84.4 Å². The van der Waals surface area contributed by atoms with Gasteiger partial charge in [-0.1, -0.05) is 46.3 Å². The molecular weight excluding hydrogens is 238 g/mol. The van der Waals surface area contributed by atoms with Gasteiger partial charge in [-0.05, 0) is 11.6 Å². The number of hydrogen-bond donors (Lipinski definition) is 0. The van der Waals surface area contributed by atoms with Crippen LogP contribution in [0.15, 0.2) is 30.3 Å². The molecular formula is C10H9BrF2. The maximum absolute atomic E-state index is 12.2. The first-order valence-corrected chi connectivity index (χ1v) is 4.97. The third-order valence-corrected chi connectivity index (χ3v) is 1.94. The molecule has 0 unspecified atom stereocenters. The minimum Gasteiger partial charge on any atom is -0.205 e. The Hall–Kier alpha value is -0.700. The fraction of sp³-hybridized carbons (Fsp3) is 0.200. The molecule has 0 saturated heterocycles. The van der Waals surface area contributed by atoms with Crippen molar-refractivity contribution in [1.29, 1.82) is 0 Å². The monoisotopic (exact) mass is 246 g/mol.